The molecule has 0 atom stereocenters. The van der Waals surface area contributed by atoms with Gasteiger partial charge in [-0.2, -0.15) is 0 Å². The fraction of sp³-hybridized carbons (Fsp3) is 0. The normalized spacial score (nSPS) is 9.17. The average Bonchev–Trinajstić information content (AvgIpc) is 2.06. The summed E-state index contributed by atoms with van der Waals surface area (Å²) in [6.45, 7) is 0. The largest absolute Gasteiger partial charge is 0.506 e. The Hall–Kier alpha value is -1.09. The van der Waals surface area contributed by atoms with Crippen LogP contribution in [-0.2, 0) is 0 Å². The standard InChI is InChI=1S/C6H3Cl2N3O/c7-3-1-2-4(12)5(8)6(3)10-11-9/h1-2,12H. The van der Waals surface area contributed by atoms with Crippen molar-refractivity contribution in [1.29, 1.82) is 0 Å². The lowest BCUT2D eigenvalue weighted by Crippen LogP contribution is -1.71. The van der Waals surface area contributed by atoms with Crippen molar-refractivity contribution in [2.75, 3.05) is 0 Å². The fourth-order valence-electron chi connectivity index (χ4n) is 0.667. The number of hydrogen-bond donors (Lipinski definition) is 1. The second kappa shape index (κ2) is 3.54. The van der Waals surface area contributed by atoms with Gasteiger partial charge in [0.2, 0.25) is 0 Å². The molecule has 0 spiro atoms. The van der Waals surface area contributed by atoms with E-state index in [1.165, 1.54) is 12.1 Å². The molecule has 0 aliphatic rings. The Kier molecular flexibility index (Phi) is 2.65. The number of benzene rings is 1. The third-order valence-corrected chi connectivity index (χ3v) is 1.87. The molecule has 0 unspecified atom stereocenters. The van der Waals surface area contributed by atoms with Gasteiger partial charge < -0.3 is 5.11 Å². The first-order valence-electron chi connectivity index (χ1n) is 2.89. The smallest absolute Gasteiger partial charge is 0.134 e. The van der Waals surface area contributed by atoms with Gasteiger partial charge in [-0.05, 0) is 17.7 Å². The molecule has 0 radical (unpaired) electrons. The summed E-state index contributed by atoms with van der Waals surface area (Å²) >= 11 is 11.2. The van der Waals surface area contributed by atoms with Gasteiger partial charge in [-0.25, -0.2) is 0 Å². The lowest BCUT2D eigenvalue weighted by atomic mass is 10.3. The van der Waals surface area contributed by atoms with Crippen LogP contribution in [0.25, 0.3) is 10.4 Å². The zero-order valence-corrected chi connectivity index (χ0v) is 7.21. The Morgan fingerprint density at radius 3 is 2.67 bits per heavy atom. The molecule has 0 aliphatic heterocycles. The first kappa shape index (κ1) is 9.00. The Balaban J connectivity index is 3.42. The average molecular weight is 204 g/mol. The van der Waals surface area contributed by atoms with Crippen LogP contribution in [0.2, 0.25) is 10.0 Å². The summed E-state index contributed by atoms with van der Waals surface area (Å²) < 4.78 is 0. The molecule has 0 aliphatic carbocycles. The van der Waals surface area contributed by atoms with E-state index in [4.69, 9.17) is 33.8 Å². The zero-order valence-electron chi connectivity index (χ0n) is 5.70. The van der Waals surface area contributed by atoms with Crippen LogP contribution in [0, 0.1) is 0 Å². The quantitative estimate of drug-likeness (QED) is 0.423. The van der Waals surface area contributed by atoms with E-state index in [0.29, 0.717) is 0 Å². The molecule has 0 bridgehead atoms. The van der Waals surface area contributed by atoms with Gasteiger partial charge in [0, 0.05) is 4.91 Å². The van der Waals surface area contributed by atoms with Gasteiger partial charge in [0.15, 0.2) is 0 Å². The number of nitrogens with zero attached hydrogens (tertiary/aromatic N) is 3. The predicted molar refractivity (Wildman–Crippen MR) is 46.9 cm³/mol. The van der Waals surface area contributed by atoms with Gasteiger partial charge in [0.25, 0.3) is 0 Å². The second-order valence-electron chi connectivity index (χ2n) is 1.92. The molecule has 62 valence electrons. The minimum absolute atomic E-state index is 0.0414. The van der Waals surface area contributed by atoms with Gasteiger partial charge in [0.05, 0.1) is 15.7 Å². The predicted octanol–water partition coefficient (Wildman–Crippen LogP) is 3.64. The maximum absolute atomic E-state index is 9.08. The lowest BCUT2D eigenvalue weighted by molar-refractivity contribution is 0.476. The molecule has 1 aromatic carbocycles. The Labute approximate surface area is 78.0 Å². The number of hydrogen-bond acceptors (Lipinski definition) is 2. The highest BCUT2D eigenvalue weighted by Gasteiger charge is 2.07. The molecule has 1 N–H and O–H groups in total. The maximum Gasteiger partial charge on any atom is 0.134 e. The van der Waals surface area contributed by atoms with E-state index < -0.39 is 0 Å². The monoisotopic (exact) mass is 203 g/mol. The molecule has 6 heteroatoms. The topological polar surface area (TPSA) is 69.0 Å². The first-order chi connectivity index (χ1) is 5.66. The zero-order chi connectivity index (χ0) is 9.14. The van der Waals surface area contributed by atoms with Crippen LogP contribution in [0.5, 0.6) is 5.75 Å². The van der Waals surface area contributed by atoms with Crippen LogP contribution in [-0.4, -0.2) is 5.11 Å². The van der Waals surface area contributed by atoms with Gasteiger partial charge in [-0.1, -0.05) is 28.3 Å². The van der Waals surface area contributed by atoms with E-state index in [9.17, 15) is 0 Å². The fourth-order valence-corrected chi connectivity index (χ4v) is 1.11. The molecule has 0 aromatic heterocycles. The van der Waals surface area contributed by atoms with Crippen LogP contribution in [0.3, 0.4) is 0 Å². The summed E-state index contributed by atoms with van der Waals surface area (Å²) in [6.07, 6.45) is 0. The van der Waals surface area contributed by atoms with Gasteiger partial charge >= 0.3 is 0 Å². The van der Waals surface area contributed by atoms with Crippen molar-refractivity contribution in [2.45, 2.75) is 0 Å². The summed E-state index contributed by atoms with van der Waals surface area (Å²) in [5.74, 6) is -0.163. The van der Waals surface area contributed by atoms with Crippen LogP contribution in [0.4, 0.5) is 5.69 Å². The second-order valence-corrected chi connectivity index (χ2v) is 2.70. The highest BCUT2D eigenvalue weighted by molar-refractivity contribution is 6.39. The van der Waals surface area contributed by atoms with Crippen molar-refractivity contribution in [3.8, 4) is 5.75 Å². The summed E-state index contributed by atoms with van der Waals surface area (Å²) in [5, 5.41) is 12.5. The minimum atomic E-state index is -0.163. The molecule has 1 aromatic rings. The number of rotatable bonds is 1. The van der Waals surface area contributed by atoms with Crippen molar-refractivity contribution in [1.82, 2.24) is 0 Å². The van der Waals surface area contributed by atoms with Crippen LogP contribution < -0.4 is 0 Å². The molecule has 0 saturated carbocycles. The molecule has 12 heavy (non-hydrogen) atoms. The summed E-state index contributed by atoms with van der Waals surface area (Å²) in [5.41, 5.74) is 8.16. The van der Waals surface area contributed by atoms with Crippen molar-refractivity contribution in [3.63, 3.8) is 0 Å². The van der Waals surface area contributed by atoms with Gasteiger partial charge in [-0.3, -0.25) is 0 Å². The Morgan fingerprint density at radius 2 is 2.08 bits per heavy atom. The SMILES string of the molecule is [N-]=[N+]=Nc1c(Cl)ccc(O)c1Cl. The van der Waals surface area contributed by atoms with Crippen molar-refractivity contribution in [2.24, 2.45) is 5.11 Å². The first-order valence-corrected chi connectivity index (χ1v) is 3.64. The number of phenols is 1. The minimum Gasteiger partial charge on any atom is -0.506 e. The van der Waals surface area contributed by atoms with Crippen molar-refractivity contribution in [3.05, 3.63) is 32.6 Å². The Morgan fingerprint density at radius 1 is 1.42 bits per heavy atom. The molecule has 4 nitrogen and oxygen atoms in total. The van der Waals surface area contributed by atoms with E-state index >= 15 is 0 Å². The maximum atomic E-state index is 9.08. The van der Waals surface area contributed by atoms with Crippen LogP contribution in [0.15, 0.2) is 17.2 Å². The molecular formula is C6H3Cl2N3O. The summed E-state index contributed by atoms with van der Waals surface area (Å²) in [6, 6.07) is 2.72. The number of halogens is 2. The van der Waals surface area contributed by atoms with E-state index in [2.05, 4.69) is 10.0 Å². The lowest BCUT2D eigenvalue weighted by Gasteiger charge is -2.01. The highest BCUT2D eigenvalue weighted by Crippen LogP contribution is 2.38. The van der Waals surface area contributed by atoms with Gasteiger partial charge in [-0.15, -0.1) is 0 Å². The van der Waals surface area contributed by atoms with Gasteiger partial charge in [0.1, 0.15) is 5.75 Å². The number of azide groups is 1. The third kappa shape index (κ3) is 1.56. The highest BCUT2D eigenvalue weighted by atomic mass is 35.5. The van der Waals surface area contributed by atoms with Crippen LogP contribution >= 0.6 is 23.2 Å². The van der Waals surface area contributed by atoms with Crippen molar-refractivity contribution >= 4 is 28.9 Å². The van der Waals surface area contributed by atoms with E-state index in [0.717, 1.165) is 0 Å². The third-order valence-electron chi connectivity index (χ3n) is 1.19. The number of phenolic OH excluding ortho intramolecular Hbond substituents is 1. The molecule has 0 fully saturated rings. The van der Waals surface area contributed by atoms with E-state index in [1.54, 1.807) is 0 Å². The van der Waals surface area contributed by atoms with Crippen molar-refractivity contribution < 1.29 is 5.11 Å². The molecule has 0 amide bonds. The molecular weight excluding hydrogens is 201 g/mol. The molecule has 1 rings (SSSR count). The van der Waals surface area contributed by atoms with E-state index in [-0.39, 0.29) is 21.5 Å². The summed E-state index contributed by atoms with van der Waals surface area (Å²) in [7, 11) is 0. The van der Waals surface area contributed by atoms with Crippen LogP contribution in [0.1, 0.15) is 0 Å². The summed E-state index contributed by atoms with van der Waals surface area (Å²) in [4.78, 5) is 2.51. The number of aromatic hydroxyl groups is 1. The molecule has 0 saturated heterocycles. The molecule has 0 heterocycles. The van der Waals surface area contributed by atoms with E-state index in [1.807, 2.05) is 0 Å². The Bertz CT molecular complexity index is 360.